The highest BCUT2D eigenvalue weighted by Crippen LogP contribution is 2.18. The summed E-state index contributed by atoms with van der Waals surface area (Å²) in [6.45, 7) is 0. The van der Waals surface area contributed by atoms with E-state index in [9.17, 15) is 13.2 Å². The Labute approximate surface area is 86.4 Å². The molecule has 0 radical (unpaired) electrons. The van der Waals surface area contributed by atoms with E-state index < -0.39 is 10.3 Å². The second-order valence-electron chi connectivity index (χ2n) is 2.37. The second-order valence-corrected chi connectivity index (χ2v) is 3.57. The molecule has 0 spiro atoms. The Kier molecular flexibility index (Phi) is 3.43. The molecule has 1 rings (SSSR count). The molecule has 0 heterocycles. The average molecular weight is 229 g/mol. The number of hydrogen-bond donors (Lipinski definition) is 0. The van der Waals surface area contributed by atoms with E-state index in [4.69, 9.17) is 4.74 Å². The fourth-order valence-electron chi connectivity index (χ4n) is 0.817. The molecule has 0 aliphatic heterocycles. The summed E-state index contributed by atoms with van der Waals surface area (Å²) in [5.41, 5.74) is 0. The summed E-state index contributed by atoms with van der Waals surface area (Å²) in [7, 11) is -2.77. The first-order chi connectivity index (χ1) is 7.07. The van der Waals surface area contributed by atoms with Crippen LogP contribution in [0.3, 0.4) is 0 Å². The number of rotatable bonds is 4. The molecular weight excluding hydrogens is 222 g/mol. The third-order valence-electron chi connectivity index (χ3n) is 1.41. The lowest BCUT2D eigenvalue weighted by molar-refractivity contribution is 0.413. The molecule has 7 heteroatoms. The van der Waals surface area contributed by atoms with Gasteiger partial charge in [-0.2, -0.15) is 8.42 Å². The van der Waals surface area contributed by atoms with Gasteiger partial charge in [0.1, 0.15) is 11.5 Å². The maximum atomic E-state index is 10.9. The van der Waals surface area contributed by atoms with Gasteiger partial charge in [0.25, 0.3) is 6.08 Å². The van der Waals surface area contributed by atoms with Crippen LogP contribution in [0.25, 0.3) is 0 Å². The molecule has 0 aliphatic rings. The number of hydrogen-bond acceptors (Lipinski definition) is 5. The molecule has 80 valence electrons. The van der Waals surface area contributed by atoms with Gasteiger partial charge >= 0.3 is 10.3 Å². The van der Waals surface area contributed by atoms with E-state index >= 15 is 0 Å². The smallest absolute Gasteiger partial charge is 0.439 e. The van der Waals surface area contributed by atoms with Crippen LogP contribution in [-0.2, 0) is 15.1 Å². The molecule has 0 saturated heterocycles. The van der Waals surface area contributed by atoms with E-state index in [1.807, 2.05) is 0 Å². The lowest BCUT2D eigenvalue weighted by Crippen LogP contribution is -2.04. The minimum Gasteiger partial charge on any atom is -0.497 e. The van der Waals surface area contributed by atoms with Crippen LogP contribution in [-0.4, -0.2) is 21.6 Å². The van der Waals surface area contributed by atoms with Crippen molar-refractivity contribution in [2.75, 3.05) is 7.11 Å². The molecule has 0 unspecified atom stereocenters. The molecule has 1 aromatic carbocycles. The lowest BCUT2D eigenvalue weighted by Gasteiger charge is -2.02. The summed E-state index contributed by atoms with van der Waals surface area (Å²) in [4.78, 5) is 9.74. The van der Waals surface area contributed by atoms with Gasteiger partial charge in [-0.1, -0.05) is 0 Å². The normalized spacial score (nSPS) is 10.2. The fraction of sp³-hybridized carbons (Fsp3) is 0.125. The molecule has 0 N–H and O–H groups in total. The van der Waals surface area contributed by atoms with Gasteiger partial charge < -0.3 is 8.92 Å². The van der Waals surface area contributed by atoms with Gasteiger partial charge in [0.2, 0.25) is 0 Å². The number of benzene rings is 1. The van der Waals surface area contributed by atoms with Crippen LogP contribution in [0.2, 0.25) is 0 Å². The Bertz CT molecular complexity index is 472. The van der Waals surface area contributed by atoms with Crippen molar-refractivity contribution < 1.29 is 22.1 Å². The van der Waals surface area contributed by atoms with Gasteiger partial charge in [-0.05, 0) is 28.7 Å². The number of isocyanates is 1. The number of nitrogens with zero attached hydrogens (tertiary/aromatic N) is 1. The lowest BCUT2D eigenvalue weighted by atomic mass is 10.3. The number of carbonyl (C=O) groups excluding carboxylic acids is 1. The maximum Gasteiger partial charge on any atom is 0.439 e. The minimum atomic E-state index is -4.24. The fourth-order valence-corrected chi connectivity index (χ4v) is 1.30. The third kappa shape index (κ3) is 3.41. The molecule has 1 aromatic rings. The van der Waals surface area contributed by atoms with Gasteiger partial charge in [-0.25, -0.2) is 4.79 Å². The minimum absolute atomic E-state index is 0.0369. The Morgan fingerprint density at radius 2 is 1.73 bits per heavy atom. The molecule has 15 heavy (non-hydrogen) atoms. The Morgan fingerprint density at radius 1 is 1.20 bits per heavy atom. The highest BCUT2D eigenvalue weighted by molar-refractivity contribution is 7.85. The Hall–Kier alpha value is -1.85. The summed E-state index contributed by atoms with van der Waals surface area (Å²) in [5.74, 6) is 0.591. The van der Waals surface area contributed by atoms with E-state index in [0.29, 0.717) is 5.75 Å². The van der Waals surface area contributed by atoms with E-state index in [2.05, 4.69) is 8.58 Å². The monoisotopic (exact) mass is 229 g/mol. The predicted molar refractivity (Wildman–Crippen MR) is 50.7 cm³/mol. The number of ether oxygens (including phenoxy) is 1. The summed E-state index contributed by atoms with van der Waals surface area (Å²) < 4.78 is 33.5. The van der Waals surface area contributed by atoms with Crippen molar-refractivity contribution in [2.45, 2.75) is 0 Å². The summed E-state index contributed by atoms with van der Waals surface area (Å²) in [5, 5.41) is 0. The zero-order chi connectivity index (χ0) is 11.3. The van der Waals surface area contributed by atoms with Crippen molar-refractivity contribution in [1.82, 2.24) is 0 Å². The van der Waals surface area contributed by atoms with Crippen molar-refractivity contribution >= 4 is 16.4 Å². The van der Waals surface area contributed by atoms with Gasteiger partial charge in [0.05, 0.1) is 7.11 Å². The predicted octanol–water partition coefficient (Wildman–Crippen LogP) is 0.655. The van der Waals surface area contributed by atoms with Crippen LogP contribution in [0, 0.1) is 0 Å². The van der Waals surface area contributed by atoms with E-state index in [0.717, 1.165) is 6.08 Å². The van der Waals surface area contributed by atoms with Crippen LogP contribution in [0.5, 0.6) is 11.5 Å². The summed E-state index contributed by atoms with van der Waals surface area (Å²) in [6, 6.07) is 5.76. The van der Waals surface area contributed by atoms with Gasteiger partial charge in [-0.3, -0.25) is 0 Å². The molecule has 0 atom stereocenters. The SMILES string of the molecule is COc1ccc(OS(=O)(=O)N=C=O)cc1. The van der Waals surface area contributed by atoms with Crippen molar-refractivity contribution in [3.05, 3.63) is 24.3 Å². The van der Waals surface area contributed by atoms with Crippen molar-refractivity contribution in [2.24, 2.45) is 4.40 Å². The molecule has 0 aromatic heterocycles. The Balaban J connectivity index is 2.86. The van der Waals surface area contributed by atoms with E-state index in [-0.39, 0.29) is 5.75 Å². The van der Waals surface area contributed by atoms with Crippen LogP contribution in [0.4, 0.5) is 0 Å². The molecule has 0 amide bonds. The first kappa shape index (κ1) is 11.2. The summed E-state index contributed by atoms with van der Waals surface area (Å²) >= 11 is 0. The van der Waals surface area contributed by atoms with Crippen molar-refractivity contribution in [3.63, 3.8) is 0 Å². The highest BCUT2D eigenvalue weighted by atomic mass is 32.2. The van der Waals surface area contributed by atoms with Crippen molar-refractivity contribution in [1.29, 1.82) is 0 Å². The van der Waals surface area contributed by atoms with E-state index in [1.165, 1.54) is 31.4 Å². The van der Waals surface area contributed by atoms with Crippen LogP contribution < -0.4 is 8.92 Å². The van der Waals surface area contributed by atoms with Crippen LogP contribution >= 0.6 is 0 Å². The average Bonchev–Trinajstić information content (AvgIpc) is 2.18. The van der Waals surface area contributed by atoms with Crippen LogP contribution in [0.1, 0.15) is 0 Å². The van der Waals surface area contributed by atoms with Crippen LogP contribution in [0.15, 0.2) is 28.7 Å². The molecular formula is C8H7NO5S. The zero-order valence-corrected chi connectivity index (χ0v) is 8.52. The largest absolute Gasteiger partial charge is 0.497 e. The molecule has 0 fully saturated rings. The Morgan fingerprint density at radius 3 is 2.20 bits per heavy atom. The second kappa shape index (κ2) is 4.59. The standard InChI is InChI=1S/C8H7NO5S/c1-13-7-2-4-8(5-3-7)14-15(11,12)9-6-10/h2-5H,1H3. The quantitative estimate of drug-likeness (QED) is 0.559. The first-order valence-electron chi connectivity index (χ1n) is 3.75. The summed E-state index contributed by atoms with van der Waals surface area (Å²) in [6.07, 6.45) is 0.888. The molecule has 0 bridgehead atoms. The highest BCUT2D eigenvalue weighted by Gasteiger charge is 2.09. The first-order valence-corrected chi connectivity index (χ1v) is 5.11. The van der Waals surface area contributed by atoms with Gasteiger partial charge in [-0.15, -0.1) is 0 Å². The molecule has 6 nitrogen and oxygen atoms in total. The molecule has 0 aliphatic carbocycles. The van der Waals surface area contributed by atoms with Gasteiger partial charge in [0, 0.05) is 0 Å². The zero-order valence-electron chi connectivity index (χ0n) is 7.71. The number of methoxy groups -OCH3 is 1. The molecule has 0 saturated carbocycles. The third-order valence-corrected chi connectivity index (χ3v) is 2.11. The topological polar surface area (TPSA) is 82.0 Å². The van der Waals surface area contributed by atoms with Crippen molar-refractivity contribution in [3.8, 4) is 11.5 Å². The van der Waals surface area contributed by atoms with E-state index in [1.54, 1.807) is 0 Å². The maximum absolute atomic E-state index is 10.9. The van der Waals surface area contributed by atoms with Gasteiger partial charge in [0.15, 0.2) is 0 Å².